The molecule has 5 nitrogen and oxygen atoms in total. The number of rotatable bonds is 2. The number of ether oxygens (including phenoxy) is 1. The van der Waals surface area contributed by atoms with Crippen molar-refractivity contribution in [2.24, 2.45) is 4.99 Å². The van der Waals surface area contributed by atoms with Gasteiger partial charge in [-0.15, -0.1) is 0 Å². The van der Waals surface area contributed by atoms with Crippen molar-refractivity contribution in [1.82, 2.24) is 4.31 Å². The Labute approximate surface area is 101 Å². The van der Waals surface area contributed by atoms with E-state index in [4.69, 9.17) is 4.74 Å². The molecule has 0 bridgehead atoms. The summed E-state index contributed by atoms with van der Waals surface area (Å²) >= 11 is 0. The van der Waals surface area contributed by atoms with Crippen LogP contribution in [-0.4, -0.2) is 45.4 Å². The SMILES string of the molecule is COC1=NCCN(S(=O)(=O)c2ccccc2)C1. The van der Waals surface area contributed by atoms with E-state index in [0.29, 0.717) is 23.9 Å². The first-order valence-electron chi connectivity index (χ1n) is 5.27. The average Bonchev–Trinajstić information content (AvgIpc) is 2.40. The van der Waals surface area contributed by atoms with Gasteiger partial charge in [0.1, 0.15) is 0 Å². The fraction of sp³-hybridized carbons (Fsp3) is 0.364. The molecular formula is C11H14N2O3S. The maximum Gasteiger partial charge on any atom is 0.243 e. The minimum Gasteiger partial charge on any atom is -0.483 e. The predicted octanol–water partition coefficient (Wildman–Crippen LogP) is 0.736. The summed E-state index contributed by atoms with van der Waals surface area (Å²) in [4.78, 5) is 4.40. The first kappa shape index (κ1) is 12.1. The van der Waals surface area contributed by atoms with Gasteiger partial charge < -0.3 is 4.74 Å². The Bertz CT molecular complexity index is 511. The summed E-state index contributed by atoms with van der Waals surface area (Å²) in [6.45, 7) is 1.03. The molecule has 92 valence electrons. The Morgan fingerprint density at radius 1 is 1.29 bits per heavy atom. The molecule has 0 radical (unpaired) electrons. The number of hydrogen-bond donors (Lipinski definition) is 0. The fourth-order valence-electron chi connectivity index (χ4n) is 1.64. The number of aliphatic imine (C=N–C) groups is 1. The van der Waals surface area contributed by atoms with Crippen molar-refractivity contribution in [2.45, 2.75) is 4.90 Å². The lowest BCUT2D eigenvalue weighted by Crippen LogP contribution is -2.41. The Kier molecular flexibility index (Phi) is 3.44. The van der Waals surface area contributed by atoms with E-state index < -0.39 is 10.0 Å². The van der Waals surface area contributed by atoms with Crippen molar-refractivity contribution in [2.75, 3.05) is 26.7 Å². The summed E-state index contributed by atoms with van der Waals surface area (Å²) in [7, 11) is -1.94. The highest BCUT2D eigenvalue weighted by atomic mass is 32.2. The summed E-state index contributed by atoms with van der Waals surface area (Å²) in [6.07, 6.45) is 0. The monoisotopic (exact) mass is 254 g/mol. The van der Waals surface area contributed by atoms with Crippen LogP contribution in [-0.2, 0) is 14.8 Å². The van der Waals surface area contributed by atoms with Crippen molar-refractivity contribution < 1.29 is 13.2 Å². The van der Waals surface area contributed by atoms with Crippen molar-refractivity contribution in [3.05, 3.63) is 30.3 Å². The zero-order valence-corrected chi connectivity index (χ0v) is 10.4. The zero-order valence-electron chi connectivity index (χ0n) is 9.54. The number of sulfonamides is 1. The van der Waals surface area contributed by atoms with Gasteiger partial charge in [-0.1, -0.05) is 18.2 Å². The van der Waals surface area contributed by atoms with Crippen LogP contribution < -0.4 is 0 Å². The Hall–Kier alpha value is -1.40. The van der Waals surface area contributed by atoms with E-state index in [9.17, 15) is 8.42 Å². The van der Waals surface area contributed by atoms with Crippen LogP contribution in [0, 0.1) is 0 Å². The molecule has 1 aliphatic heterocycles. The van der Waals surface area contributed by atoms with Crippen LogP contribution >= 0.6 is 0 Å². The van der Waals surface area contributed by atoms with Crippen molar-refractivity contribution in [3.63, 3.8) is 0 Å². The van der Waals surface area contributed by atoms with Crippen LogP contribution in [0.3, 0.4) is 0 Å². The lowest BCUT2D eigenvalue weighted by atomic mass is 10.4. The Morgan fingerprint density at radius 2 is 2.00 bits per heavy atom. The Balaban J connectivity index is 2.26. The molecule has 0 saturated heterocycles. The van der Waals surface area contributed by atoms with Crippen molar-refractivity contribution in [3.8, 4) is 0 Å². The van der Waals surface area contributed by atoms with Gasteiger partial charge in [0, 0.05) is 6.54 Å². The second-order valence-electron chi connectivity index (χ2n) is 3.63. The van der Waals surface area contributed by atoms with E-state index in [0.717, 1.165) is 0 Å². The highest BCUT2D eigenvalue weighted by Gasteiger charge is 2.27. The van der Waals surface area contributed by atoms with Gasteiger partial charge in [0.25, 0.3) is 0 Å². The van der Waals surface area contributed by atoms with Gasteiger partial charge in [0.2, 0.25) is 10.0 Å². The Morgan fingerprint density at radius 3 is 2.65 bits per heavy atom. The van der Waals surface area contributed by atoms with Gasteiger partial charge in [-0.3, -0.25) is 4.99 Å². The first-order valence-corrected chi connectivity index (χ1v) is 6.71. The number of hydrogen-bond acceptors (Lipinski definition) is 4. The molecule has 0 aromatic heterocycles. The molecule has 0 aliphatic carbocycles. The second kappa shape index (κ2) is 4.85. The number of nitrogens with zero attached hydrogens (tertiary/aromatic N) is 2. The quantitative estimate of drug-likeness (QED) is 0.782. The van der Waals surface area contributed by atoms with E-state index in [1.807, 2.05) is 0 Å². The minimum atomic E-state index is -3.43. The molecule has 0 atom stereocenters. The minimum absolute atomic E-state index is 0.202. The molecule has 1 aliphatic rings. The van der Waals surface area contributed by atoms with Crippen LogP contribution in [0.2, 0.25) is 0 Å². The lowest BCUT2D eigenvalue weighted by Gasteiger charge is -2.24. The molecule has 0 amide bonds. The first-order chi connectivity index (χ1) is 8.14. The molecule has 0 unspecified atom stereocenters. The highest BCUT2D eigenvalue weighted by molar-refractivity contribution is 7.89. The lowest BCUT2D eigenvalue weighted by molar-refractivity contribution is 0.346. The zero-order chi connectivity index (χ0) is 12.3. The van der Waals surface area contributed by atoms with E-state index in [2.05, 4.69) is 4.99 Å². The van der Waals surface area contributed by atoms with E-state index >= 15 is 0 Å². The maximum absolute atomic E-state index is 12.3. The van der Waals surface area contributed by atoms with Crippen molar-refractivity contribution in [1.29, 1.82) is 0 Å². The topological polar surface area (TPSA) is 59.0 Å². The molecular weight excluding hydrogens is 240 g/mol. The van der Waals surface area contributed by atoms with Gasteiger partial charge in [0.05, 0.1) is 25.1 Å². The summed E-state index contributed by atoms with van der Waals surface area (Å²) in [5.41, 5.74) is 0. The third-order valence-corrected chi connectivity index (χ3v) is 4.43. The largest absolute Gasteiger partial charge is 0.483 e. The molecule has 0 saturated carbocycles. The van der Waals surface area contributed by atoms with Crippen LogP contribution in [0.15, 0.2) is 40.2 Å². The van der Waals surface area contributed by atoms with Crippen LogP contribution in [0.25, 0.3) is 0 Å². The summed E-state index contributed by atoms with van der Waals surface area (Å²) < 4.78 is 30.9. The summed E-state index contributed by atoms with van der Waals surface area (Å²) in [6, 6.07) is 8.39. The molecule has 17 heavy (non-hydrogen) atoms. The van der Waals surface area contributed by atoms with E-state index in [1.165, 1.54) is 11.4 Å². The number of benzene rings is 1. The third kappa shape index (κ3) is 2.48. The molecule has 1 heterocycles. The second-order valence-corrected chi connectivity index (χ2v) is 5.57. The van der Waals surface area contributed by atoms with Crippen LogP contribution in [0.4, 0.5) is 0 Å². The van der Waals surface area contributed by atoms with Gasteiger partial charge in [-0.2, -0.15) is 4.31 Å². The van der Waals surface area contributed by atoms with Gasteiger partial charge >= 0.3 is 0 Å². The standard InChI is InChI=1S/C11H14N2O3S/c1-16-11-9-13(8-7-12-11)17(14,15)10-5-3-2-4-6-10/h2-6H,7-9H2,1H3. The molecule has 6 heteroatoms. The molecule has 2 rings (SSSR count). The normalized spacial score (nSPS) is 17.6. The average molecular weight is 254 g/mol. The molecule has 0 N–H and O–H groups in total. The van der Waals surface area contributed by atoms with E-state index in [-0.39, 0.29) is 6.54 Å². The number of methoxy groups -OCH3 is 1. The van der Waals surface area contributed by atoms with Crippen LogP contribution in [0.1, 0.15) is 0 Å². The van der Waals surface area contributed by atoms with Crippen LogP contribution in [0.5, 0.6) is 0 Å². The fourth-order valence-corrected chi connectivity index (χ4v) is 3.04. The predicted molar refractivity (Wildman–Crippen MR) is 64.5 cm³/mol. The van der Waals surface area contributed by atoms with Gasteiger partial charge in [-0.25, -0.2) is 8.42 Å². The molecule has 1 aromatic rings. The third-order valence-electron chi connectivity index (χ3n) is 2.57. The smallest absolute Gasteiger partial charge is 0.243 e. The van der Waals surface area contributed by atoms with Crippen molar-refractivity contribution >= 4 is 15.9 Å². The van der Waals surface area contributed by atoms with Gasteiger partial charge in [-0.05, 0) is 12.1 Å². The summed E-state index contributed by atoms with van der Waals surface area (Å²) in [5.74, 6) is 0.454. The summed E-state index contributed by atoms with van der Waals surface area (Å²) in [5, 5.41) is 0. The van der Waals surface area contributed by atoms with Gasteiger partial charge in [0.15, 0.2) is 5.90 Å². The molecule has 0 spiro atoms. The molecule has 0 fully saturated rings. The highest BCUT2D eigenvalue weighted by Crippen LogP contribution is 2.16. The van der Waals surface area contributed by atoms with E-state index in [1.54, 1.807) is 30.3 Å². The maximum atomic E-state index is 12.3. The molecule has 1 aromatic carbocycles.